The van der Waals surface area contributed by atoms with E-state index in [4.69, 9.17) is 5.73 Å². The van der Waals surface area contributed by atoms with Crippen LogP contribution in [0.5, 0.6) is 0 Å². The summed E-state index contributed by atoms with van der Waals surface area (Å²) in [6.07, 6.45) is 7.87. The Balaban J connectivity index is 2.35. The van der Waals surface area contributed by atoms with Gasteiger partial charge in [-0.3, -0.25) is 9.59 Å². The van der Waals surface area contributed by atoms with Crippen LogP contribution in [0.3, 0.4) is 0 Å². The molecule has 4 nitrogen and oxygen atoms in total. The number of aldehydes is 1. The van der Waals surface area contributed by atoms with Crippen molar-refractivity contribution in [3.05, 3.63) is 35.4 Å². The molecule has 1 fully saturated rings. The van der Waals surface area contributed by atoms with Crippen LogP contribution in [0.2, 0.25) is 0 Å². The Bertz CT molecular complexity index is 552. The van der Waals surface area contributed by atoms with Crippen molar-refractivity contribution in [2.75, 3.05) is 12.4 Å². The molecule has 21 heavy (non-hydrogen) atoms. The minimum atomic E-state index is -0.200. The minimum Gasteiger partial charge on any atom is -0.388 e. The smallest absolute Gasteiger partial charge is 0.220 e. The maximum Gasteiger partial charge on any atom is 0.220 e. The third-order valence-electron chi connectivity index (χ3n) is 4.27. The number of hydrogen-bond acceptors (Lipinski definition) is 3. The van der Waals surface area contributed by atoms with E-state index in [0.717, 1.165) is 43.2 Å². The molecule has 1 aromatic carbocycles. The van der Waals surface area contributed by atoms with E-state index in [1.54, 1.807) is 0 Å². The van der Waals surface area contributed by atoms with Crippen LogP contribution in [0.1, 0.15) is 42.7 Å². The molecule has 0 bridgehead atoms. The zero-order chi connectivity index (χ0) is 15.2. The number of nitrogens with one attached hydrogen (secondary N) is 1. The van der Waals surface area contributed by atoms with E-state index in [0.29, 0.717) is 5.92 Å². The molecule has 0 aromatic heterocycles. The number of primary amides is 1. The topological polar surface area (TPSA) is 72.2 Å². The quantitative estimate of drug-likeness (QED) is 0.645. The van der Waals surface area contributed by atoms with Crippen LogP contribution in [-0.2, 0) is 9.59 Å². The summed E-state index contributed by atoms with van der Waals surface area (Å²) in [7, 11) is 1.87. The molecule has 0 saturated heterocycles. The van der Waals surface area contributed by atoms with Gasteiger partial charge >= 0.3 is 0 Å². The van der Waals surface area contributed by atoms with Gasteiger partial charge in [-0.05, 0) is 49.0 Å². The number of hydrogen-bond donors (Lipinski definition) is 2. The van der Waals surface area contributed by atoms with E-state index in [1.807, 2.05) is 25.3 Å². The van der Waals surface area contributed by atoms with E-state index < -0.39 is 0 Å². The van der Waals surface area contributed by atoms with Crippen molar-refractivity contribution in [2.45, 2.75) is 31.6 Å². The van der Waals surface area contributed by atoms with Crippen LogP contribution in [0.4, 0.5) is 5.69 Å². The predicted molar refractivity (Wildman–Crippen MR) is 85.0 cm³/mol. The molecule has 1 aliphatic rings. The number of nitrogens with two attached hydrogens (primary N) is 1. The molecule has 1 aromatic rings. The van der Waals surface area contributed by atoms with Gasteiger partial charge in [0.25, 0.3) is 0 Å². The summed E-state index contributed by atoms with van der Waals surface area (Å²) in [6.45, 7) is 0. The highest BCUT2D eigenvalue weighted by Gasteiger charge is 2.28. The van der Waals surface area contributed by atoms with E-state index in [9.17, 15) is 9.59 Å². The average Bonchev–Trinajstić information content (AvgIpc) is 2.52. The first kappa shape index (κ1) is 15.3. The van der Waals surface area contributed by atoms with Gasteiger partial charge in [-0.1, -0.05) is 18.6 Å². The fraction of sp³-hybridized carbons (Fsp3) is 0.412. The zero-order valence-electron chi connectivity index (χ0n) is 12.3. The monoisotopic (exact) mass is 286 g/mol. The number of amides is 1. The zero-order valence-corrected chi connectivity index (χ0v) is 12.3. The molecule has 0 spiro atoms. The number of rotatable bonds is 5. The normalized spacial score (nSPS) is 22.1. The third-order valence-corrected chi connectivity index (χ3v) is 4.27. The fourth-order valence-corrected chi connectivity index (χ4v) is 3.21. The van der Waals surface area contributed by atoms with Crippen LogP contribution in [0.15, 0.2) is 24.3 Å². The summed E-state index contributed by atoms with van der Waals surface area (Å²) in [4.78, 5) is 22.1. The van der Waals surface area contributed by atoms with Gasteiger partial charge in [0.15, 0.2) is 0 Å². The van der Waals surface area contributed by atoms with Gasteiger partial charge in [0, 0.05) is 24.2 Å². The van der Waals surface area contributed by atoms with Crippen LogP contribution < -0.4 is 11.1 Å². The summed E-state index contributed by atoms with van der Waals surface area (Å²) in [5.41, 5.74) is 8.68. The molecule has 0 radical (unpaired) electrons. The Morgan fingerprint density at radius 1 is 1.38 bits per heavy atom. The second kappa shape index (κ2) is 7.07. The summed E-state index contributed by atoms with van der Waals surface area (Å²) in [6, 6.07) is 6.08. The van der Waals surface area contributed by atoms with Crippen LogP contribution in [0, 0.1) is 5.92 Å². The Hall–Kier alpha value is -2.10. The standard InChI is InChI=1S/C17H22N2O2/c1-19-16-9-3-7-14(15(16)8-4-10-20)12-5-2-6-13(11-12)17(18)21/h3-4,7-10,12-13,19H,2,5-6,11H2,1H3,(H2,18,21). The molecule has 2 unspecified atom stereocenters. The molecule has 1 amide bonds. The molecule has 2 rings (SSSR count). The number of anilines is 1. The highest BCUT2D eigenvalue weighted by molar-refractivity contribution is 5.80. The lowest BCUT2D eigenvalue weighted by Crippen LogP contribution is -2.28. The first-order valence-corrected chi connectivity index (χ1v) is 7.39. The highest BCUT2D eigenvalue weighted by atomic mass is 16.1. The maximum atomic E-state index is 11.5. The van der Waals surface area contributed by atoms with E-state index in [-0.39, 0.29) is 11.8 Å². The Labute approximate surface area is 125 Å². The Morgan fingerprint density at radius 2 is 2.19 bits per heavy atom. The van der Waals surface area contributed by atoms with Crippen LogP contribution in [-0.4, -0.2) is 19.2 Å². The van der Waals surface area contributed by atoms with Crippen molar-refractivity contribution in [1.82, 2.24) is 0 Å². The third kappa shape index (κ3) is 3.51. The van der Waals surface area contributed by atoms with Crippen molar-refractivity contribution in [2.24, 2.45) is 11.7 Å². The van der Waals surface area contributed by atoms with Gasteiger partial charge in [-0.25, -0.2) is 0 Å². The average molecular weight is 286 g/mol. The van der Waals surface area contributed by atoms with Crippen LogP contribution in [0.25, 0.3) is 6.08 Å². The molecule has 2 atom stereocenters. The molecule has 1 saturated carbocycles. The van der Waals surface area contributed by atoms with Gasteiger partial charge in [0.2, 0.25) is 5.91 Å². The lowest BCUT2D eigenvalue weighted by molar-refractivity contribution is -0.122. The lowest BCUT2D eigenvalue weighted by Gasteiger charge is -2.29. The first-order valence-electron chi connectivity index (χ1n) is 7.39. The van der Waals surface area contributed by atoms with E-state index in [2.05, 4.69) is 11.4 Å². The maximum absolute atomic E-state index is 11.5. The summed E-state index contributed by atoms with van der Waals surface area (Å²) < 4.78 is 0. The molecular formula is C17H22N2O2. The molecule has 1 aliphatic carbocycles. The van der Waals surface area contributed by atoms with Crippen LogP contribution >= 0.6 is 0 Å². The number of carbonyl (C=O) groups excluding carboxylic acids is 2. The minimum absolute atomic E-state index is 0.0371. The van der Waals surface area contributed by atoms with Crippen molar-refractivity contribution < 1.29 is 9.59 Å². The van der Waals surface area contributed by atoms with Crippen molar-refractivity contribution >= 4 is 24.0 Å². The lowest BCUT2D eigenvalue weighted by atomic mass is 9.76. The number of benzene rings is 1. The van der Waals surface area contributed by atoms with E-state index >= 15 is 0 Å². The molecular weight excluding hydrogens is 264 g/mol. The Morgan fingerprint density at radius 3 is 2.86 bits per heavy atom. The molecule has 112 valence electrons. The van der Waals surface area contributed by atoms with Gasteiger partial charge in [-0.2, -0.15) is 0 Å². The summed E-state index contributed by atoms with van der Waals surface area (Å²) in [5.74, 6) is 0.0789. The second-order valence-corrected chi connectivity index (χ2v) is 5.52. The van der Waals surface area contributed by atoms with Gasteiger partial charge in [-0.15, -0.1) is 0 Å². The van der Waals surface area contributed by atoms with Crippen molar-refractivity contribution in [3.63, 3.8) is 0 Å². The molecule has 3 N–H and O–H groups in total. The summed E-state index contributed by atoms with van der Waals surface area (Å²) >= 11 is 0. The first-order chi connectivity index (χ1) is 10.2. The van der Waals surface area contributed by atoms with Gasteiger partial charge < -0.3 is 11.1 Å². The second-order valence-electron chi connectivity index (χ2n) is 5.52. The SMILES string of the molecule is CNc1cccc(C2CCCC(C(N)=O)C2)c1C=CC=O. The predicted octanol–water partition coefficient (Wildman–Crippen LogP) is 2.70. The number of carbonyl (C=O) groups is 2. The summed E-state index contributed by atoms with van der Waals surface area (Å²) in [5, 5.41) is 3.16. The highest BCUT2D eigenvalue weighted by Crippen LogP contribution is 2.39. The van der Waals surface area contributed by atoms with Gasteiger partial charge in [0.05, 0.1) is 0 Å². The van der Waals surface area contributed by atoms with Crippen molar-refractivity contribution in [1.29, 1.82) is 0 Å². The van der Waals surface area contributed by atoms with E-state index in [1.165, 1.54) is 11.6 Å². The van der Waals surface area contributed by atoms with Crippen molar-refractivity contribution in [3.8, 4) is 0 Å². The fourth-order valence-electron chi connectivity index (χ4n) is 3.21. The Kier molecular flexibility index (Phi) is 5.14. The largest absolute Gasteiger partial charge is 0.388 e. The van der Waals surface area contributed by atoms with Gasteiger partial charge in [0.1, 0.15) is 6.29 Å². The number of allylic oxidation sites excluding steroid dienone is 1. The molecule has 4 heteroatoms. The molecule has 0 aliphatic heterocycles. The molecule has 0 heterocycles.